The van der Waals surface area contributed by atoms with Crippen LogP contribution in [0, 0.1) is 13.8 Å². The number of hydrogen-bond donors (Lipinski definition) is 0. The average molecular weight is 339 g/mol. The van der Waals surface area contributed by atoms with Crippen LogP contribution < -0.4 is 0 Å². The molecule has 3 heteroatoms. The molecule has 0 amide bonds. The maximum atomic E-state index is 4.64. The van der Waals surface area contributed by atoms with Gasteiger partial charge in [0, 0.05) is 30.7 Å². The van der Waals surface area contributed by atoms with Gasteiger partial charge in [0.2, 0.25) is 0 Å². The minimum atomic E-state index is 0.798. The molecule has 26 heavy (non-hydrogen) atoms. The maximum Gasteiger partial charge on any atom is 0.0949 e. The normalized spacial score (nSPS) is 10.8. The van der Waals surface area contributed by atoms with Gasteiger partial charge < -0.3 is 4.57 Å². The van der Waals surface area contributed by atoms with Crippen LogP contribution in [0.25, 0.3) is 22.4 Å². The van der Waals surface area contributed by atoms with Gasteiger partial charge in [-0.15, -0.1) is 0 Å². The van der Waals surface area contributed by atoms with Gasteiger partial charge in [-0.2, -0.15) is 0 Å². The van der Waals surface area contributed by atoms with Crippen molar-refractivity contribution in [3.05, 3.63) is 96.2 Å². The first-order valence-corrected chi connectivity index (χ1v) is 8.79. The number of aromatic nitrogens is 3. The van der Waals surface area contributed by atoms with Crippen molar-refractivity contribution < 1.29 is 0 Å². The van der Waals surface area contributed by atoms with Gasteiger partial charge in [0.1, 0.15) is 0 Å². The van der Waals surface area contributed by atoms with Crippen LogP contribution in [-0.4, -0.2) is 14.5 Å². The van der Waals surface area contributed by atoms with E-state index in [-0.39, 0.29) is 0 Å². The highest BCUT2D eigenvalue weighted by atomic mass is 15.0. The van der Waals surface area contributed by atoms with E-state index in [1.54, 1.807) is 6.20 Å². The summed E-state index contributed by atoms with van der Waals surface area (Å²) >= 11 is 0. The van der Waals surface area contributed by atoms with Crippen molar-refractivity contribution in [3.63, 3.8) is 0 Å². The van der Waals surface area contributed by atoms with Gasteiger partial charge in [0.25, 0.3) is 0 Å². The largest absolute Gasteiger partial charge is 0.333 e. The molecule has 0 unspecified atom stereocenters. The van der Waals surface area contributed by atoms with Gasteiger partial charge in [-0.3, -0.25) is 4.98 Å². The van der Waals surface area contributed by atoms with Gasteiger partial charge in [0.05, 0.1) is 12.0 Å². The summed E-state index contributed by atoms with van der Waals surface area (Å²) in [5, 5.41) is 0. The molecule has 2 aromatic carbocycles. The van der Waals surface area contributed by atoms with E-state index >= 15 is 0 Å². The summed E-state index contributed by atoms with van der Waals surface area (Å²) in [4.78, 5) is 8.75. The van der Waals surface area contributed by atoms with Crippen LogP contribution in [0.4, 0.5) is 0 Å². The van der Waals surface area contributed by atoms with E-state index in [4.69, 9.17) is 0 Å². The van der Waals surface area contributed by atoms with Gasteiger partial charge in [-0.25, -0.2) is 4.98 Å². The molecule has 0 N–H and O–H groups in total. The Kier molecular flexibility index (Phi) is 4.36. The second-order valence-corrected chi connectivity index (χ2v) is 6.58. The van der Waals surface area contributed by atoms with Crippen molar-refractivity contribution in [2.45, 2.75) is 20.4 Å². The predicted molar refractivity (Wildman–Crippen MR) is 106 cm³/mol. The first kappa shape index (κ1) is 16.3. The molecule has 0 aliphatic rings. The maximum absolute atomic E-state index is 4.64. The fourth-order valence-electron chi connectivity index (χ4n) is 3.48. The van der Waals surface area contributed by atoms with Gasteiger partial charge in [-0.05, 0) is 53.8 Å². The molecule has 0 saturated carbocycles. The summed E-state index contributed by atoms with van der Waals surface area (Å²) in [6.45, 7) is 5.16. The number of aryl methyl sites for hydroxylation is 1. The molecule has 0 aliphatic carbocycles. The monoisotopic (exact) mass is 339 g/mol. The topological polar surface area (TPSA) is 30.7 Å². The van der Waals surface area contributed by atoms with E-state index in [1.165, 1.54) is 33.4 Å². The van der Waals surface area contributed by atoms with E-state index in [0.717, 1.165) is 12.2 Å². The lowest BCUT2D eigenvalue weighted by atomic mass is 9.91. The van der Waals surface area contributed by atoms with Gasteiger partial charge in [0.15, 0.2) is 0 Å². The zero-order chi connectivity index (χ0) is 17.9. The lowest BCUT2D eigenvalue weighted by molar-refractivity contribution is 0.796. The zero-order valence-electron chi connectivity index (χ0n) is 15.1. The zero-order valence-corrected chi connectivity index (χ0v) is 15.1. The third-order valence-corrected chi connectivity index (χ3v) is 4.76. The predicted octanol–water partition coefficient (Wildman–Crippen LogP) is 5.28. The molecular weight excluding hydrogens is 318 g/mol. The first-order valence-electron chi connectivity index (χ1n) is 8.79. The molecule has 4 rings (SSSR count). The molecule has 2 heterocycles. The van der Waals surface area contributed by atoms with E-state index in [2.05, 4.69) is 83.0 Å². The fourth-order valence-corrected chi connectivity index (χ4v) is 3.48. The van der Waals surface area contributed by atoms with Crippen molar-refractivity contribution in [2.24, 2.45) is 0 Å². The number of pyridine rings is 1. The Morgan fingerprint density at radius 3 is 2.54 bits per heavy atom. The summed E-state index contributed by atoms with van der Waals surface area (Å²) < 4.78 is 2.07. The Morgan fingerprint density at radius 2 is 1.77 bits per heavy atom. The number of nitrogens with zero attached hydrogens (tertiary/aromatic N) is 3. The summed E-state index contributed by atoms with van der Waals surface area (Å²) in [5.74, 6) is 0. The average Bonchev–Trinajstić information content (AvgIpc) is 3.16. The number of benzene rings is 2. The summed E-state index contributed by atoms with van der Waals surface area (Å²) in [6, 6.07) is 19.2. The van der Waals surface area contributed by atoms with Crippen LogP contribution in [0.1, 0.15) is 16.7 Å². The molecule has 0 saturated heterocycles. The Balaban J connectivity index is 1.77. The highest BCUT2D eigenvalue weighted by Gasteiger charge is 2.12. The molecule has 0 spiro atoms. The van der Waals surface area contributed by atoms with Crippen LogP contribution >= 0.6 is 0 Å². The molecule has 0 fully saturated rings. The number of imidazole rings is 1. The van der Waals surface area contributed by atoms with Gasteiger partial charge >= 0.3 is 0 Å². The minimum absolute atomic E-state index is 0.798. The summed E-state index contributed by atoms with van der Waals surface area (Å²) in [5.41, 5.74) is 8.51. The molecule has 0 aliphatic heterocycles. The van der Waals surface area contributed by atoms with E-state index < -0.39 is 0 Å². The second kappa shape index (κ2) is 6.96. The Bertz CT molecular complexity index is 1020. The molecule has 0 atom stereocenters. The molecule has 0 bridgehead atoms. The van der Waals surface area contributed by atoms with Crippen LogP contribution in [0.2, 0.25) is 0 Å². The van der Waals surface area contributed by atoms with Crippen LogP contribution in [0.3, 0.4) is 0 Å². The molecule has 0 radical (unpaired) electrons. The first-order chi connectivity index (χ1) is 12.7. The third kappa shape index (κ3) is 3.16. The number of hydrogen-bond acceptors (Lipinski definition) is 2. The quantitative estimate of drug-likeness (QED) is 0.506. The lowest BCUT2D eigenvalue weighted by Gasteiger charge is -2.15. The standard InChI is InChI=1S/C23H21N3/c1-17-8-9-21(18(2)23(17)20-6-4-3-5-7-20)22-14-19(10-11-25-22)15-26-13-12-24-16-26/h3-14,16H,15H2,1-2H3. The van der Waals surface area contributed by atoms with E-state index in [1.807, 2.05) is 18.7 Å². The van der Waals surface area contributed by atoms with Crippen molar-refractivity contribution >= 4 is 0 Å². The van der Waals surface area contributed by atoms with Gasteiger partial charge in [-0.1, -0.05) is 42.5 Å². The smallest absolute Gasteiger partial charge is 0.0949 e. The Labute approximate surface area is 154 Å². The highest BCUT2D eigenvalue weighted by Crippen LogP contribution is 2.33. The van der Waals surface area contributed by atoms with E-state index in [9.17, 15) is 0 Å². The lowest BCUT2D eigenvalue weighted by Crippen LogP contribution is -1.98. The SMILES string of the molecule is Cc1ccc(-c2cc(Cn3ccnc3)ccn2)c(C)c1-c1ccccc1. The Hall–Kier alpha value is -3.20. The Morgan fingerprint density at radius 1 is 0.923 bits per heavy atom. The third-order valence-electron chi connectivity index (χ3n) is 4.76. The molecular formula is C23H21N3. The van der Waals surface area contributed by atoms with Crippen LogP contribution in [0.5, 0.6) is 0 Å². The highest BCUT2D eigenvalue weighted by molar-refractivity contribution is 5.79. The van der Waals surface area contributed by atoms with Crippen LogP contribution in [0.15, 0.2) is 79.5 Å². The van der Waals surface area contributed by atoms with Crippen molar-refractivity contribution in [3.8, 4) is 22.4 Å². The fraction of sp³-hybridized carbons (Fsp3) is 0.130. The summed E-state index contributed by atoms with van der Waals surface area (Å²) in [7, 11) is 0. The molecule has 128 valence electrons. The van der Waals surface area contributed by atoms with Crippen molar-refractivity contribution in [1.29, 1.82) is 0 Å². The van der Waals surface area contributed by atoms with Crippen molar-refractivity contribution in [2.75, 3.05) is 0 Å². The second-order valence-electron chi connectivity index (χ2n) is 6.58. The molecule has 2 aromatic heterocycles. The molecule has 3 nitrogen and oxygen atoms in total. The van der Waals surface area contributed by atoms with Crippen LogP contribution in [-0.2, 0) is 6.54 Å². The summed E-state index contributed by atoms with van der Waals surface area (Å²) in [6.07, 6.45) is 7.51. The van der Waals surface area contributed by atoms with E-state index in [0.29, 0.717) is 0 Å². The minimum Gasteiger partial charge on any atom is -0.333 e. The van der Waals surface area contributed by atoms with Crippen molar-refractivity contribution in [1.82, 2.24) is 14.5 Å². The number of rotatable bonds is 4. The molecule has 4 aromatic rings.